The molecule has 3 saturated heterocycles. The normalized spacial score (nSPS) is 23.3. The fourth-order valence-electron chi connectivity index (χ4n) is 4.71. The summed E-state index contributed by atoms with van der Waals surface area (Å²) in [6.45, 7) is 11.2. The first-order valence-electron chi connectivity index (χ1n) is 11.9. The summed E-state index contributed by atoms with van der Waals surface area (Å²) in [5.41, 5.74) is 0. The van der Waals surface area contributed by atoms with Crippen molar-refractivity contribution >= 4 is 47.2 Å². The lowest BCUT2D eigenvalue weighted by Gasteiger charge is -2.37. The van der Waals surface area contributed by atoms with Crippen LogP contribution < -0.4 is 5.32 Å². The maximum atomic E-state index is 12.6. The maximum absolute atomic E-state index is 12.6. The molecule has 3 fully saturated rings. The number of piperidine rings is 1. The number of carbonyl (C=O) groups excluding carboxylic acids is 1. The van der Waals surface area contributed by atoms with Gasteiger partial charge in [0.15, 0.2) is 5.96 Å². The Morgan fingerprint density at radius 3 is 2.53 bits per heavy atom. The molecule has 1 atom stereocenters. The quantitative estimate of drug-likeness (QED) is 0.321. The number of halogens is 1. The van der Waals surface area contributed by atoms with Crippen LogP contribution in [0, 0.1) is 5.92 Å². The molecule has 0 spiro atoms. The average molecular weight is 576 g/mol. The van der Waals surface area contributed by atoms with E-state index < -0.39 is 0 Å². The van der Waals surface area contributed by atoms with Gasteiger partial charge in [-0.15, -0.1) is 35.3 Å². The molecule has 4 rings (SSSR count). The van der Waals surface area contributed by atoms with Gasteiger partial charge >= 0.3 is 0 Å². The molecule has 0 saturated carbocycles. The summed E-state index contributed by atoms with van der Waals surface area (Å²) < 4.78 is 5.58. The second-order valence-electron chi connectivity index (χ2n) is 8.81. The molecule has 3 aliphatic heterocycles. The second kappa shape index (κ2) is 13.1. The SMILES string of the molecule is CCNC(=NCC1CCN(Cc2cccs2)CC1)N1CCN(C(=O)C2CCCO2)CC1.I. The molecule has 0 bridgehead atoms. The standard InChI is InChI=1S/C23H37N5O2S.HI/c1-2-24-23(28-13-11-27(12-14-28)22(29)21-6-3-15-30-21)25-17-19-7-9-26(10-8-19)18-20-5-4-16-31-20;/h4-5,16,19,21H,2-3,6-15,17-18H2,1H3,(H,24,25);1H. The molecule has 0 aliphatic carbocycles. The van der Waals surface area contributed by atoms with Crippen LogP contribution in [0.4, 0.5) is 0 Å². The highest BCUT2D eigenvalue weighted by Crippen LogP contribution is 2.21. The van der Waals surface area contributed by atoms with E-state index in [1.165, 1.54) is 30.8 Å². The lowest BCUT2D eigenvalue weighted by Crippen LogP contribution is -2.55. The molecule has 7 nitrogen and oxygen atoms in total. The molecule has 9 heteroatoms. The topological polar surface area (TPSA) is 60.4 Å². The summed E-state index contributed by atoms with van der Waals surface area (Å²) in [6.07, 6.45) is 4.10. The van der Waals surface area contributed by atoms with Gasteiger partial charge < -0.3 is 19.9 Å². The highest BCUT2D eigenvalue weighted by molar-refractivity contribution is 14.0. The fourth-order valence-corrected chi connectivity index (χ4v) is 5.45. The molecular formula is C23H38IN5O2S. The van der Waals surface area contributed by atoms with Gasteiger partial charge in [-0.05, 0) is 63.1 Å². The summed E-state index contributed by atoms with van der Waals surface area (Å²) >= 11 is 1.85. The zero-order valence-corrected chi connectivity index (χ0v) is 22.4. The zero-order chi connectivity index (χ0) is 21.5. The van der Waals surface area contributed by atoms with Crippen LogP contribution in [-0.4, -0.2) is 91.6 Å². The highest BCUT2D eigenvalue weighted by atomic mass is 127. The number of likely N-dealkylation sites (tertiary alicyclic amines) is 1. The van der Waals surface area contributed by atoms with Crippen LogP contribution in [0.25, 0.3) is 0 Å². The lowest BCUT2D eigenvalue weighted by atomic mass is 9.97. The first-order valence-corrected chi connectivity index (χ1v) is 12.8. The predicted octanol–water partition coefficient (Wildman–Crippen LogP) is 2.87. The summed E-state index contributed by atoms with van der Waals surface area (Å²) in [7, 11) is 0. The third-order valence-corrected chi connectivity index (χ3v) is 7.46. The first kappa shape index (κ1) is 25.7. The van der Waals surface area contributed by atoms with E-state index in [4.69, 9.17) is 9.73 Å². The van der Waals surface area contributed by atoms with Gasteiger partial charge in [0, 0.05) is 57.3 Å². The smallest absolute Gasteiger partial charge is 0.251 e. The first-order chi connectivity index (χ1) is 15.2. The Bertz CT molecular complexity index is 710. The number of rotatable bonds is 6. The van der Waals surface area contributed by atoms with Gasteiger partial charge in [-0.2, -0.15) is 0 Å². The fraction of sp³-hybridized carbons (Fsp3) is 0.739. The number of hydrogen-bond acceptors (Lipinski definition) is 5. The Balaban J connectivity index is 0.00000289. The van der Waals surface area contributed by atoms with E-state index in [0.29, 0.717) is 5.92 Å². The van der Waals surface area contributed by atoms with E-state index >= 15 is 0 Å². The Morgan fingerprint density at radius 2 is 1.91 bits per heavy atom. The maximum Gasteiger partial charge on any atom is 0.251 e. The molecule has 1 N–H and O–H groups in total. The Morgan fingerprint density at radius 1 is 1.16 bits per heavy atom. The molecule has 3 aliphatic rings. The van der Waals surface area contributed by atoms with Crippen LogP contribution in [0.15, 0.2) is 22.5 Å². The number of aliphatic imine (C=N–C) groups is 1. The minimum Gasteiger partial charge on any atom is -0.368 e. The third kappa shape index (κ3) is 7.04. The van der Waals surface area contributed by atoms with Crippen molar-refractivity contribution in [2.24, 2.45) is 10.9 Å². The minimum atomic E-state index is -0.209. The van der Waals surface area contributed by atoms with E-state index in [1.54, 1.807) is 0 Å². The number of amides is 1. The van der Waals surface area contributed by atoms with Gasteiger partial charge in [0.05, 0.1) is 0 Å². The molecule has 32 heavy (non-hydrogen) atoms. The van der Waals surface area contributed by atoms with Crippen molar-refractivity contribution < 1.29 is 9.53 Å². The predicted molar refractivity (Wildman–Crippen MR) is 141 cm³/mol. The number of hydrogen-bond donors (Lipinski definition) is 1. The van der Waals surface area contributed by atoms with E-state index in [2.05, 4.69) is 39.6 Å². The zero-order valence-electron chi connectivity index (χ0n) is 19.2. The average Bonchev–Trinajstić information content (AvgIpc) is 3.52. The van der Waals surface area contributed by atoms with Gasteiger partial charge in [-0.1, -0.05) is 6.07 Å². The van der Waals surface area contributed by atoms with Crippen molar-refractivity contribution in [3.63, 3.8) is 0 Å². The van der Waals surface area contributed by atoms with Crippen LogP contribution in [0.2, 0.25) is 0 Å². The number of carbonyl (C=O) groups is 1. The van der Waals surface area contributed by atoms with Crippen molar-refractivity contribution in [2.75, 3.05) is 59.0 Å². The molecular weight excluding hydrogens is 537 g/mol. The summed E-state index contributed by atoms with van der Waals surface area (Å²) in [5, 5.41) is 5.63. The summed E-state index contributed by atoms with van der Waals surface area (Å²) in [5.74, 6) is 1.84. The van der Waals surface area contributed by atoms with Gasteiger partial charge in [-0.25, -0.2) is 0 Å². The van der Waals surface area contributed by atoms with Gasteiger partial charge in [-0.3, -0.25) is 14.7 Å². The minimum absolute atomic E-state index is 0. The summed E-state index contributed by atoms with van der Waals surface area (Å²) in [6, 6.07) is 4.37. The van der Waals surface area contributed by atoms with Crippen LogP contribution in [0.5, 0.6) is 0 Å². The van der Waals surface area contributed by atoms with E-state index in [-0.39, 0.29) is 36.0 Å². The molecule has 4 heterocycles. The van der Waals surface area contributed by atoms with Gasteiger partial charge in [0.2, 0.25) is 0 Å². The van der Waals surface area contributed by atoms with Crippen LogP contribution in [0.1, 0.15) is 37.5 Å². The molecule has 1 amide bonds. The van der Waals surface area contributed by atoms with Crippen molar-refractivity contribution in [1.29, 1.82) is 0 Å². The molecule has 0 aromatic carbocycles. The largest absolute Gasteiger partial charge is 0.368 e. The number of thiophene rings is 1. The van der Waals surface area contributed by atoms with E-state index in [9.17, 15) is 4.79 Å². The van der Waals surface area contributed by atoms with Crippen LogP contribution >= 0.6 is 35.3 Å². The van der Waals surface area contributed by atoms with Crippen molar-refractivity contribution in [3.8, 4) is 0 Å². The Hall–Kier alpha value is -0.910. The second-order valence-corrected chi connectivity index (χ2v) is 9.84. The van der Waals surface area contributed by atoms with Crippen molar-refractivity contribution in [1.82, 2.24) is 20.0 Å². The third-order valence-electron chi connectivity index (χ3n) is 6.60. The molecule has 0 radical (unpaired) electrons. The molecule has 1 unspecified atom stereocenters. The molecule has 180 valence electrons. The number of nitrogens with zero attached hydrogens (tertiary/aromatic N) is 4. The van der Waals surface area contributed by atoms with Gasteiger partial charge in [0.25, 0.3) is 5.91 Å². The molecule has 1 aromatic heterocycles. The monoisotopic (exact) mass is 575 g/mol. The van der Waals surface area contributed by atoms with E-state index in [0.717, 1.165) is 71.2 Å². The lowest BCUT2D eigenvalue weighted by molar-refractivity contribution is -0.142. The number of ether oxygens (including phenoxy) is 1. The number of nitrogens with one attached hydrogen (secondary N) is 1. The van der Waals surface area contributed by atoms with Crippen molar-refractivity contribution in [3.05, 3.63) is 22.4 Å². The van der Waals surface area contributed by atoms with E-state index in [1.807, 2.05) is 16.2 Å². The number of piperazine rings is 1. The van der Waals surface area contributed by atoms with Crippen molar-refractivity contribution in [2.45, 2.75) is 45.3 Å². The highest BCUT2D eigenvalue weighted by Gasteiger charge is 2.31. The molecule has 1 aromatic rings. The van der Waals surface area contributed by atoms with Gasteiger partial charge in [0.1, 0.15) is 6.10 Å². The Kier molecular flexibility index (Phi) is 10.5. The van der Waals surface area contributed by atoms with Crippen LogP contribution in [-0.2, 0) is 16.1 Å². The Labute approximate surface area is 213 Å². The summed E-state index contributed by atoms with van der Waals surface area (Å²) in [4.78, 5) is 25.9. The van der Waals surface area contributed by atoms with Crippen LogP contribution in [0.3, 0.4) is 0 Å². The number of guanidine groups is 1.